The van der Waals surface area contributed by atoms with Gasteiger partial charge in [-0.15, -0.1) is 0 Å². The van der Waals surface area contributed by atoms with Crippen molar-refractivity contribution in [1.82, 2.24) is 0 Å². The maximum Gasteiger partial charge on any atom is 0.306 e. The van der Waals surface area contributed by atoms with Crippen LogP contribution < -0.4 is 0 Å². The molecule has 0 fully saturated rings. The Morgan fingerprint density at radius 2 is 0.509 bits per heavy atom. The van der Waals surface area contributed by atoms with Gasteiger partial charge in [-0.2, -0.15) is 0 Å². The van der Waals surface area contributed by atoms with Crippen LogP contribution >= 0.6 is 0 Å². The molecule has 1 atom stereocenters. The van der Waals surface area contributed by atoms with E-state index in [1.54, 1.807) is 0 Å². The Morgan fingerprint density at radius 3 is 0.755 bits per heavy atom. The van der Waals surface area contributed by atoms with Crippen molar-refractivity contribution in [3.8, 4) is 0 Å². The lowest BCUT2D eigenvalue weighted by atomic mass is 10.0. The van der Waals surface area contributed by atoms with Gasteiger partial charge in [0.25, 0.3) is 0 Å². The zero-order valence-electron chi connectivity index (χ0n) is 35.8. The summed E-state index contributed by atoms with van der Waals surface area (Å²) in [5.74, 6) is -0.851. The summed E-state index contributed by atoms with van der Waals surface area (Å²) in [5.41, 5.74) is 0. The summed E-state index contributed by atoms with van der Waals surface area (Å²) >= 11 is 0. The van der Waals surface area contributed by atoms with E-state index in [2.05, 4.69) is 20.8 Å². The van der Waals surface area contributed by atoms with Gasteiger partial charge >= 0.3 is 17.9 Å². The molecule has 0 bridgehead atoms. The van der Waals surface area contributed by atoms with Crippen molar-refractivity contribution >= 4 is 17.9 Å². The van der Waals surface area contributed by atoms with Crippen LogP contribution in [0.5, 0.6) is 0 Å². The SMILES string of the molecule is CCCCCCCCCCCCCCCCC(=O)OC[C@H](COC(=O)CCCCCCCCCCC)OC(=O)CCCCCCCCCCCCCC. The van der Waals surface area contributed by atoms with Crippen molar-refractivity contribution in [1.29, 1.82) is 0 Å². The third-order valence-electron chi connectivity index (χ3n) is 10.6. The first-order valence-electron chi connectivity index (χ1n) is 23.5. The van der Waals surface area contributed by atoms with Crippen LogP contribution in [0.2, 0.25) is 0 Å². The molecular weight excluding hydrogens is 661 g/mol. The Morgan fingerprint density at radius 1 is 0.302 bits per heavy atom. The molecule has 0 aromatic heterocycles. The van der Waals surface area contributed by atoms with Crippen LogP contribution in [0.4, 0.5) is 0 Å². The van der Waals surface area contributed by atoms with Gasteiger partial charge < -0.3 is 14.2 Å². The molecular formula is C47H90O6. The number of hydrogen-bond acceptors (Lipinski definition) is 6. The van der Waals surface area contributed by atoms with Gasteiger partial charge in [-0.1, -0.05) is 226 Å². The lowest BCUT2D eigenvalue weighted by Crippen LogP contribution is -2.30. The second-order valence-electron chi connectivity index (χ2n) is 16.0. The van der Waals surface area contributed by atoms with E-state index < -0.39 is 6.10 Å². The summed E-state index contributed by atoms with van der Waals surface area (Å²) < 4.78 is 16.7. The maximum atomic E-state index is 12.7. The van der Waals surface area contributed by atoms with Crippen molar-refractivity contribution < 1.29 is 28.6 Å². The Bertz CT molecular complexity index is 783. The van der Waals surface area contributed by atoms with Crippen LogP contribution in [0, 0.1) is 0 Å². The molecule has 0 unspecified atom stereocenters. The second-order valence-corrected chi connectivity index (χ2v) is 16.0. The largest absolute Gasteiger partial charge is 0.462 e. The van der Waals surface area contributed by atoms with Crippen LogP contribution in [-0.2, 0) is 28.6 Å². The van der Waals surface area contributed by atoms with Crippen LogP contribution in [0.3, 0.4) is 0 Å². The molecule has 314 valence electrons. The lowest BCUT2D eigenvalue weighted by molar-refractivity contribution is -0.167. The summed E-state index contributed by atoms with van der Waals surface area (Å²) in [6, 6.07) is 0. The van der Waals surface area contributed by atoms with Crippen molar-refractivity contribution in [2.75, 3.05) is 13.2 Å². The van der Waals surface area contributed by atoms with Gasteiger partial charge in [0.2, 0.25) is 0 Å². The van der Waals surface area contributed by atoms with Gasteiger partial charge in [-0.3, -0.25) is 14.4 Å². The highest BCUT2D eigenvalue weighted by Gasteiger charge is 2.19. The standard InChI is InChI=1S/C47H90O6/c1-4-7-10-13-16-19-21-23-24-26-28-31-34-37-40-46(49)52-43-44(42-51-45(48)39-36-33-30-27-18-15-12-9-6-3)53-47(50)41-38-35-32-29-25-22-20-17-14-11-8-5-2/h44H,4-43H2,1-3H3/t44-/m0/s1. The van der Waals surface area contributed by atoms with E-state index >= 15 is 0 Å². The first kappa shape index (κ1) is 51.4. The zero-order valence-corrected chi connectivity index (χ0v) is 35.8. The fourth-order valence-electron chi connectivity index (χ4n) is 7.03. The van der Waals surface area contributed by atoms with Crippen molar-refractivity contribution in [2.24, 2.45) is 0 Å². The summed E-state index contributed by atoms with van der Waals surface area (Å²) in [6.07, 6.45) is 43.7. The summed E-state index contributed by atoms with van der Waals surface area (Å²) in [4.78, 5) is 37.7. The van der Waals surface area contributed by atoms with Crippen molar-refractivity contribution in [3.05, 3.63) is 0 Å². The first-order chi connectivity index (χ1) is 26.0. The van der Waals surface area contributed by atoms with Gasteiger partial charge in [0, 0.05) is 19.3 Å². The van der Waals surface area contributed by atoms with Crippen LogP contribution in [-0.4, -0.2) is 37.2 Å². The number of carbonyl (C=O) groups excluding carboxylic acids is 3. The van der Waals surface area contributed by atoms with E-state index in [1.165, 1.54) is 167 Å². The number of hydrogen-bond donors (Lipinski definition) is 0. The van der Waals surface area contributed by atoms with E-state index in [0.717, 1.165) is 57.8 Å². The fraction of sp³-hybridized carbons (Fsp3) is 0.936. The molecule has 0 aliphatic heterocycles. The number of carbonyl (C=O) groups is 3. The molecule has 6 nitrogen and oxygen atoms in total. The van der Waals surface area contributed by atoms with Gasteiger partial charge in [0.05, 0.1) is 0 Å². The predicted octanol–water partition coefficient (Wildman–Crippen LogP) is 14.9. The molecule has 0 radical (unpaired) electrons. The van der Waals surface area contributed by atoms with E-state index in [1.807, 2.05) is 0 Å². The van der Waals surface area contributed by atoms with Crippen LogP contribution in [0.15, 0.2) is 0 Å². The maximum absolute atomic E-state index is 12.7. The van der Waals surface area contributed by atoms with E-state index in [-0.39, 0.29) is 31.1 Å². The van der Waals surface area contributed by atoms with Gasteiger partial charge in [0.15, 0.2) is 6.10 Å². The predicted molar refractivity (Wildman–Crippen MR) is 224 cm³/mol. The third kappa shape index (κ3) is 41.4. The Balaban J connectivity index is 4.29. The minimum atomic E-state index is -0.757. The zero-order chi connectivity index (χ0) is 38.7. The van der Waals surface area contributed by atoms with Crippen LogP contribution in [0.1, 0.15) is 265 Å². The highest BCUT2D eigenvalue weighted by Crippen LogP contribution is 2.16. The van der Waals surface area contributed by atoms with Crippen molar-refractivity contribution in [3.63, 3.8) is 0 Å². The minimum Gasteiger partial charge on any atom is -0.462 e. The molecule has 0 spiro atoms. The Kier molecular flexibility index (Phi) is 41.8. The van der Waals surface area contributed by atoms with Gasteiger partial charge in [-0.25, -0.2) is 0 Å². The van der Waals surface area contributed by atoms with Gasteiger partial charge in [-0.05, 0) is 19.3 Å². The number of ether oxygens (including phenoxy) is 3. The summed E-state index contributed by atoms with van der Waals surface area (Å²) in [6.45, 7) is 6.64. The monoisotopic (exact) mass is 751 g/mol. The van der Waals surface area contributed by atoms with E-state index in [9.17, 15) is 14.4 Å². The smallest absolute Gasteiger partial charge is 0.306 e. The molecule has 0 aliphatic rings. The average molecular weight is 751 g/mol. The average Bonchev–Trinajstić information content (AvgIpc) is 3.15. The third-order valence-corrected chi connectivity index (χ3v) is 10.6. The Labute approximate surface area is 329 Å². The molecule has 0 rings (SSSR count). The summed E-state index contributed by atoms with van der Waals surface area (Å²) in [7, 11) is 0. The van der Waals surface area contributed by atoms with Crippen molar-refractivity contribution in [2.45, 2.75) is 271 Å². The number of esters is 3. The van der Waals surface area contributed by atoms with Gasteiger partial charge in [0.1, 0.15) is 13.2 Å². The Hall–Kier alpha value is -1.59. The topological polar surface area (TPSA) is 78.9 Å². The minimum absolute atomic E-state index is 0.0626. The molecule has 53 heavy (non-hydrogen) atoms. The summed E-state index contributed by atoms with van der Waals surface area (Å²) in [5, 5.41) is 0. The van der Waals surface area contributed by atoms with E-state index in [4.69, 9.17) is 14.2 Å². The fourth-order valence-corrected chi connectivity index (χ4v) is 7.03. The second kappa shape index (κ2) is 43.1. The highest BCUT2D eigenvalue weighted by atomic mass is 16.6. The molecule has 0 N–H and O–H groups in total. The molecule has 0 saturated heterocycles. The molecule has 0 heterocycles. The molecule has 0 amide bonds. The quantitative estimate of drug-likeness (QED) is 0.0351. The molecule has 0 saturated carbocycles. The highest BCUT2D eigenvalue weighted by molar-refractivity contribution is 5.71. The normalized spacial score (nSPS) is 11.8. The molecule has 0 aliphatic carbocycles. The van der Waals surface area contributed by atoms with E-state index in [0.29, 0.717) is 19.3 Å². The first-order valence-corrected chi connectivity index (χ1v) is 23.5. The lowest BCUT2D eigenvalue weighted by Gasteiger charge is -2.18. The number of unbranched alkanes of at least 4 members (excludes halogenated alkanes) is 32. The molecule has 6 heteroatoms. The molecule has 0 aromatic rings. The van der Waals surface area contributed by atoms with Crippen LogP contribution in [0.25, 0.3) is 0 Å². The molecule has 0 aromatic carbocycles. The number of rotatable bonds is 43.